The number of hydrogen-bond acceptors (Lipinski definition) is 14. The van der Waals surface area contributed by atoms with Gasteiger partial charge in [-0.1, -0.05) is 0 Å². The Morgan fingerprint density at radius 3 is 0.496 bits per heavy atom. The number of rotatable bonds is 24. The summed E-state index contributed by atoms with van der Waals surface area (Å²) in [6.45, 7) is 34.8. The van der Waals surface area contributed by atoms with Gasteiger partial charge in [-0.05, 0) is 0 Å². The third-order valence-corrected chi connectivity index (χ3v) is 24.2. The number of fused-ring (bicyclic) bond motifs is 16. The molecule has 16 aromatic rings. The van der Waals surface area contributed by atoms with E-state index in [-0.39, 0.29) is 47.3 Å². The molecule has 0 amide bonds. The van der Waals surface area contributed by atoms with Crippen LogP contribution in [-0.4, -0.2) is 51.9 Å². The second kappa shape index (κ2) is 32.6. The SMILES string of the molecule is CC(C)c1ccccc1Oc1cc2c(cc1Oc1ccccc1C(C)C)-c1nc-2nc2c3cc(Oc4ccccc4C(C)C)c(Oc4ccccc4C(C)C)cc3c3nc4nc(nc5c6cc(Oc7ccccc7C(C)C)c(Oc7ccccc7C(C)C)cc6c(n1)[n]5[Al+][n]23)-c1cc(Oc2ccccc2C(C)C)c(Oc2ccccc2C(C)C)cc1-4. The maximum absolute atomic E-state index is 7.42. The molecular weight excluding hydrogens is 1520 g/mol. The Morgan fingerprint density at radius 2 is 0.339 bits per heavy atom. The Morgan fingerprint density at radius 1 is 0.190 bits per heavy atom. The number of nitrogens with zero attached hydrogens (tertiary/aromatic N) is 8. The van der Waals surface area contributed by atoms with Crippen LogP contribution in [0.15, 0.2) is 243 Å². The average molecular weight is 1610 g/mol. The van der Waals surface area contributed by atoms with Crippen LogP contribution in [0.2, 0.25) is 0 Å². The molecular formula is C104H96AlN8O8+. The van der Waals surface area contributed by atoms with Gasteiger partial charge in [-0.25, -0.2) is 0 Å². The molecule has 18 rings (SSSR count). The van der Waals surface area contributed by atoms with E-state index < -0.39 is 15.2 Å². The zero-order valence-electron chi connectivity index (χ0n) is 71.1. The van der Waals surface area contributed by atoms with Crippen molar-refractivity contribution in [2.75, 3.05) is 0 Å². The van der Waals surface area contributed by atoms with Crippen molar-refractivity contribution < 1.29 is 37.9 Å². The van der Waals surface area contributed by atoms with E-state index in [9.17, 15) is 0 Å². The first kappa shape index (κ1) is 79.1. The quantitative estimate of drug-likeness (QED) is 0.0526. The second-order valence-corrected chi connectivity index (χ2v) is 35.1. The van der Waals surface area contributed by atoms with Crippen LogP contribution in [0.5, 0.6) is 92.0 Å². The van der Waals surface area contributed by atoms with Gasteiger partial charge in [-0.3, -0.25) is 0 Å². The van der Waals surface area contributed by atoms with Crippen LogP contribution < -0.4 is 37.9 Å². The molecule has 12 aromatic carbocycles. The van der Waals surface area contributed by atoms with Crippen LogP contribution in [0.4, 0.5) is 0 Å². The Labute approximate surface area is 712 Å². The second-order valence-electron chi connectivity index (χ2n) is 33.8. The van der Waals surface area contributed by atoms with Gasteiger partial charge in [0, 0.05) is 0 Å². The molecule has 0 unspecified atom stereocenters. The maximum atomic E-state index is 7.42. The first-order valence-electron chi connectivity index (χ1n) is 42.1. The molecule has 17 heteroatoms. The van der Waals surface area contributed by atoms with E-state index in [2.05, 4.69) is 190 Å². The minimum atomic E-state index is -1.31. The molecule has 2 aliphatic rings. The van der Waals surface area contributed by atoms with Gasteiger partial charge >= 0.3 is 717 Å². The van der Waals surface area contributed by atoms with Crippen LogP contribution in [0, 0.1) is 0 Å². The van der Waals surface area contributed by atoms with Crippen molar-refractivity contribution in [2.45, 2.75) is 158 Å². The van der Waals surface area contributed by atoms with Crippen molar-refractivity contribution in [3.8, 4) is 138 Å². The van der Waals surface area contributed by atoms with Crippen LogP contribution in [0.25, 0.3) is 89.7 Å². The number of para-hydroxylation sites is 8. The summed E-state index contributed by atoms with van der Waals surface area (Å²) in [4.78, 5) is 35.3. The summed E-state index contributed by atoms with van der Waals surface area (Å²) >= 11 is -1.31. The summed E-state index contributed by atoms with van der Waals surface area (Å²) in [5.41, 5.74) is 12.8. The predicted octanol–water partition coefficient (Wildman–Crippen LogP) is 29.4. The Hall–Kier alpha value is -13.1. The first-order chi connectivity index (χ1) is 58.5. The molecule has 0 atom stereocenters. The van der Waals surface area contributed by atoms with Crippen molar-refractivity contribution in [1.82, 2.24) is 36.6 Å². The molecule has 0 N–H and O–H groups in total. The number of hydrogen-bond donors (Lipinski definition) is 0. The van der Waals surface area contributed by atoms with Crippen LogP contribution in [0.1, 0.15) is 203 Å². The summed E-state index contributed by atoms with van der Waals surface area (Å²) in [6.07, 6.45) is 0. The van der Waals surface area contributed by atoms with E-state index in [1.165, 1.54) is 0 Å². The summed E-state index contributed by atoms with van der Waals surface area (Å²) in [7, 11) is 0. The molecule has 0 radical (unpaired) electrons. The molecule has 6 bridgehead atoms. The fourth-order valence-corrected chi connectivity index (χ4v) is 17.9. The molecule has 0 spiro atoms. The molecule has 602 valence electrons. The van der Waals surface area contributed by atoms with Crippen LogP contribution in [-0.2, 0) is 0 Å². The zero-order valence-corrected chi connectivity index (χ0v) is 72.3. The molecule has 16 nitrogen and oxygen atoms in total. The fourth-order valence-electron chi connectivity index (χ4n) is 16.4. The van der Waals surface area contributed by atoms with E-state index in [4.69, 9.17) is 67.8 Å². The summed E-state index contributed by atoms with van der Waals surface area (Å²) < 4.78 is 63.3. The van der Waals surface area contributed by atoms with Gasteiger partial charge < -0.3 is 0 Å². The Kier molecular flexibility index (Phi) is 21.3. The molecule has 0 saturated heterocycles. The van der Waals surface area contributed by atoms with E-state index in [0.717, 1.165) is 44.5 Å². The topological polar surface area (TPSA) is 160 Å². The van der Waals surface area contributed by atoms with Crippen molar-refractivity contribution in [3.05, 3.63) is 287 Å². The van der Waals surface area contributed by atoms with Crippen molar-refractivity contribution in [3.63, 3.8) is 0 Å². The van der Waals surface area contributed by atoms with Crippen LogP contribution in [0.3, 0.4) is 0 Å². The molecule has 0 fully saturated rings. The van der Waals surface area contributed by atoms with Gasteiger partial charge in [0.1, 0.15) is 0 Å². The van der Waals surface area contributed by atoms with Crippen molar-refractivity contribution in [1.29, 1.82) is 0 Å². The minimum absolute atomic E-state index is 0.0977. The third kappa shape index (κ3) is 15.1. The van der Waals surface area contributed by atoms with E-state index >= 15 is 0 Å². The Balaban J connectivity index is 1.03. The van der Waals surface area contributed by atoms with Gasteiger partial charge in [-0.2, -0.15) is 0 Å². The normalized spacial score (nSPS) is 12.0. The number of aromatic nitrogens is 8. The number of ether oxygens (including phenoxy) is 8. The van der Waals surface area contributed by atoms with Gasteiger partial charge in [0.25, 0.3) is 0 Å². The Bertz CT molecular complexity index is 6070. The van der Waals surface area contributed by atoms with Crippen molar-refractivity contribution in [2.24, 2.45) is 0 Å². The molecule has 121 heavy (non-hydrogen) atoms. The number of benzene rings is 12. The summed E-state index contributed by atoms with van der Waals surface area (Å²) in [6, 6.07) is 81.6. The van der Waals surface area contributed by atoms with E-state index in [0.29, 0.717) is 182 Å². The van der Waals surface area contributed by atoms with E-state index in [1.54, 1.807) is 0 Å². The average Bonchev–Trinajstić information content (AvgIpc) is 1.56. The molecule has 6 heterocycles. The predicted molar refractivity (Wildman–Crippen MR) is 485 cm³/mol. The van der Waals surface area contributed by atoms with Gasteiger partial charge in [0.2, 0.25) is 0 Å². The standard InChI is InChI=1S/C104H96N8O8.Al/c1-57(2)65-33-17-25-41-81(65)113-89-49-73-74(50-90(89)114-82-42-26-18-34-66(82)58(3)4)98-105-97(73)109-99-75-51-91(115-83-43-27-19-35-67(83)59(5)6)92(116-84-44-28-20-36-68(84)60(7)8)52-76(75)101(106-99)111-103-79-55-95(119-87-47-31-23-39-71(87)63(13)14)96(120-88-48-32-24-40-72(88)64(15)16)56-80(79)104(108-103)112-102-78-54-94(118-86-46-30-22-38-70(86)62(11)12)93(53-77(78)100(107-102)110-98)117-85-45-29-21-37-69(85)61(9)10;/h17-64H,1-16H3;/q-2;+3. The third-order valence-electron chi connectivity index (χ3n) is 22.8. The molecule has 4 aromatic heterocycles. The first-order valence-corrected chi connectivity index (χ1v) is 43.2. The van der Waals surface area contributed by atoms with Crippen LogP contribution >= 0.6 is 0 Å². The summed E-state index contributed by atoms with van der Waals surface area (Å²) in [5, 5.41) is 2.71. The van der Waals surface area contributed by atoms with Gasteiger partial charge in [0.05, 0.1) is 0 Å². The van der Waals surface area contributed by atoms with Gasteiger partial charge in [0.15, 0.2) is 0 Å². The monoisotopic (exact) mass is 1610 g/mol. The molecule has 0 saturated carbocycles. The fraction of sp³-hybridized carbons (Fsp3) is 0.231. The van der Waals surface area contributed by atoms with E-state index in [1.807, 2.05) is 170 Å². The molecule has 2 aliphatic heterocycles. The zero-order chi connectivity index (χ0) is 83.8. The van der Waals surface area contributed by atoms with Gasteiger partial charge in [-0.15, -0.1) is 0 Å². The molecule has 0 aliphatic carbocycles. The summed E-state index contributed by atoms with van der Waals surface area (Å²) in [5.74, 6) is 11.3. The van der Waals surface area contributed by atoms with Crippen molar-refractivity contribution >= 4 is 59.4 Å².